The minimum absolute atomic E-state index is 0.176. The topological polar surface area (TPSA) is 59.4 Å². The Bertz CT molecular complexity index is 572. The number of phenolic OH excluding ortho intramolecular Hbond substituents is 1. The molecule has 1 aromatic heterocycles. The van der Waals surface area contributed by atoms with Crippen molar-refractivity contribution in [3.05, 3.63) is 48.2 Å². The number of nitrogens with zero attached hydrogens (tertiary/aromatic N) is 1. The number of aromatic nitrogens is 1. The second-order valence-corrected chi connectivity index (χ2v) is 4.51. The van der Waals surface area contributed by atoms with Crippen LogP contribution in [0.5, 0.6) is 5.75 Å². The van der Waals surface area contributed by atoms with E-state index >= 15 is 0 Å². The van der Waals surface area contributed by atoms with E-state index < -0.39 is 5.97 Å². The summed E-state index contributed by atoms with van der Waals surface area (Å²) in [6.45, 7) is 0. The fraction of sp³-hybridized carbons (Fsp3) is 0.0769. The molecule has 5 heteroatoms. The van der Waals surface area contributed by atoms with Gasteiger partial charge in [0.05, 0.1) is 12.7 Å². The summed E-state index contributed by atoms with van der Waals surface area (Å²) in [4.78, 5) is 16.5. The van der Waals surface area contributed by atoms with Crippen LogP contribution in [0.3, 0.4) is 0 Å². The lowest BCUT2D eigenvalue weighted by Gasteiger charge is -2.06. The summed E-state index contributed by atoms with van der Waals surface area (Å²) >= 11 is 1.30. The standard InChI is InChI=1S/C13H11NO3S/c1-17-13(16)11-6-3-7-14-12(11)18-10-5-2-4-9(15)8-10/h2-8,15H,1H3. The lowest BCUT2D eigenvalue weighted by Crippen LogP contribution is -2.03. The highest BCUT2D eigenvalue weighted by Crippen LogP contribution is 2.30. The number of aromatic hydroxyl groups is 1. The molecule has 0 saturated heterocycles. The zero-order chi connectivity index (χ0) is 13.0. The van der Waals surface area contributed by atoms with E-state index in [2.05, 4.69) is 4.98 Å². The van der Waals surface area contributed by atoms with Crippen molar-refractivity contribution in [2.75, 3.05) is 7.11 Å². The van der Waals surface area contributed by atoms with Crippen molar-refractivity contribution in [1.29, 1.82) is 0 Å². The number of hydrogen-bond donors (Lipinski definition) is 1. The summed E-state index contributed by atoms with van der Waals surface area (Å²) in [7, 11) is 1.33. The van der Waals surface area contributed by atoms with Crippen LogP contribution in [0.25, 0.3) is 0 Å². The third kappa shape index (κ3) is 2.81. The van der Waals surface area contributed by atoms with Crippen LogP contribution < -0.4 is 0 Å². The Morgan fingerprint density at radius 1 is 1.33 bits per heavy atom. The Balaban J connectivity index is 2.32. The van der Waals surface area contributed by atoms with Gasteiger partial charge in [-0.05, 0) is 30.3 Å². The van der Waals surface area contributed by atoms with E-state index in [1.165, 1.54) is 18.9 Å². The lowest BCUT2D eigenvalue weighted by molar-refractivity contribution is 0.0596. The number of pyridine rings is 1. The lowest BCUT2D eigenvalue weighted by atomic mass is 10.3. The molecule has 2 aromatic rings. The molecule has 0 aliphatic carbocycles. The maximum Gasteiger partial charge on any atom is 0.340 e. The van der Waals surface area contributed by atoms with Crippen molar-refractivity contribution >= 4 is 17.7 Å². The third-order valence-electron chi connectivity index (χ3n) is 2.21. The van der Waals surface area contributed by atoms with Gasteiger partial charge in [-0.2, -0.15) is 0 Å². The molecule has 0 aliphatic rings. The Labute approximate surface area is 109 Å². The monoisotopic (exact) mass is 261 g/mol. The second-order valence-electron chi connectivity index (χ2n) is 3.45. The van der Waals surface area contributed by atoms with E-state index in [1.54, 1.807) is 36.5 Å². The van der Waals surface area contributed by atoms with Crippen molar-refractivity contribution in [2.45, 2.75) is 9.92 Å². The molecule has 0 unspecified atom stereocenters. The molecule has 1 aromatic carbocycles. The summed E-state index contributed by atoms with van der Waals surface area (Å²) in [6, 6.07) is 10.1. The molecule has 0 bridgehead atoms. The first-order valence-electron chi connectivity index (χ1n) is 5.21. The molecule has 0 amide bonds. The average Bonchev–Trinajstić information content (AvgIpc) is 2.38. The van der Waals surface area contributed by atoms with Gasteiger partial charge < -0.3 is 9.84 Å². The zero-order valence-corrected chi connectivity index (χ0v) is 10.5. The van der Waals surface area contributed by atoms with Gasteiger partial charge in [-0.25, -0.2) is 9.78 Å². The van der Waals surface area contributed by atoms with Gasteiger partial charge in [0.15, 0.2) is 0 Å². The largest absolute Gasteiger partial charge is 0.508 e. The summed E-state index contributed by atoms with van der Waals surface area (Å²) < 4.78 is 4.70. The molecule has 18 heavy (non-hydrogen) atoms. The first-order chi connectivity index (χ1) is 8.70. The SMILES string of the molecule is COC(=O)c1cccnc1Sc1cccc(O)c1. The van der Waals surface area contributed by atoms with Crippen molar-refractivity contribution in [2.24, 2.45) is 0 Å². The van der Waals surface area contributed by atoms with Crippen molar-refractivity contribution in [1.82, 2.24) is 4.98 Å². The van der Waals surface area contributed by atoms with Gasteiger partial charge >= 0.3 is 5.97 Å². The number of rotatable bonds is 3. The van der Waals surface area contributed by atoms with Crippen LogP contribution in [0.2, 0.25) is 0 Å². The summed E-state index contributed by atoms with van der Waals surface area (Å²) in [6.07, 6.45) is 1.61. The molecule has 0 saturated carbocycles. The van der Waals surface area contributed by atoms with E-state index in [9.17, 15) is 9.90 Å². The van der Waals surface area contributed by atoms with E-state index in [1.807, 2.05) is 6.07 Å². The molecule has 0 atom stereocenters. The normalized spacial score (nSPS) is 10.1. The number of carbonyl (C=O) groups is 1. The molecular formula is C13H11NO3S. The number of methoxy groups -OCH3 is 1. The van der Waals surface area contributed by atoms with Crippen LogP contribution in [0.4, 0.5) is 0 Å². The molecule has 4 nitrogen and oxygen atoms in total. The van der Waals surface area contributed by atoms with Gasteiger partial charge in [0.1, 0.15) is 10.8 Å². The van der Waals surface area contributed by atoms with E-state index in [-0.39, 0.29) is 5.75 Å². The molecule has 0 aliphatic heterocycles. The van der Waals surface area contributed by atoms with Gasteiger partial charge in [0, 0.05) is 11.1 Å². The quantitative estimate of drug-likeness (QED) is 0.861. The second kappa shape index (κ2) is 5.55. The maximum atomic E-state index is 11.6. The highest BCUT2D eigenvalue weighted by Gasteiger charge is 2.13. The third-order valence-corrected chi connectivity index (χ3v) is 3.22. The predicted molar refractivity (Wildman–Crippen MR) is 67.8 cm³/mol. The molecule has 1 heterocycles. The number of ether oxygens (including phenoxy) is 1. The summed E-state index contributed by atoms with van der Waals surface area (Å²) in [5, 5.41) is 9.94. The van der Waals surface area contributed by atoms with Crippen LogP contribution in [0.15, 0.2) is 52.5 Å². The summed E-state index contributed by atoms with van der Waals surface area (Å²) in [5.41, 5.74) is 0.411. The molecule has 0 fully saturated rings. The minimum atomic E-state index is -0.425. The first-order valence-corrected chi connectivity index (χ1v) is 6.02. The summed E-state index contributed by atoms with van der Waals surface area (Å²) in [5.74, 6) is -0.249. The van der Waals surface area contributed by atoms with E-state index in [0.717, 1.165) is 4.90 Å². The van der Waals surface area contributed by atoms with Crippen molar-refractivity contribution in [3.63, 3.8) is 0 Å². The van der Waals surface area contributed by atoms with Crippen LogP contribution in [0, 0.1) is 0 Å². The average molecular weight is 261 g/mol. The molecule has 0 spiro atoms. The first kappa shape index (κ1) is 12.4. The Hall–Kier alpha value is -2.01. The van der Waals surface area contributed by atoms with E-state index in [0.29, 0.717) is 10.6 Å². The number of benzene rings is 1. The number of phenols is 1. The molecule has 92 valence electrons. The minimum Gasteiger partial charge on any atom is -0.508 e. The highest BCUT2D eigenvalue weighted by atomic mass is 32.2. The van der Waals surface area contributed by atoms with Crippen molar-refractivity contribution in [3.8, 4) is 5.75 Å². The highest BCUT2D eigenvalue weighted by molar-refractivity contribution is 7.99. The zero-order valence-electron chi connectivity index (χ0n) is 9.66. The molecule has 0 radical (unpaired) electrons. The number of hydrogen-bond acceptors (Lipinski definition) is 5. The smallest absolute Gasteiger partial charge is 0.340 e. The van der Waals surface area contributed by atoms with Gasteiger partial charge in [-0.15, -0.1) is 0 Å². The van der Waals surface area contributed by atoms with E-state index in [4.69, 9.17) is 4.74 Å². The van der Waals surface area contributed by atoms with Gasteiger partial charge in [-0.1, -0.05) is 17.8 Å². The Morgan fingerprint density at radius 2 is 2.17 bits per heavy atom. The van der Waals surface area contributed by atoms with Crippen LogP contribution in [-0.4, -0.2) is 23.2 Å². The van der Waals surface area contributed by atoms with Gasteiger partial charge in [0.2, 0.25) is 0 Å². The van der Waals surface area contributed by atoms with Gasteiger partial charge in [0.25, 0.3) is 0 Å². The number of carbonyl (C=O) groups excluding carboxylic acids is 1. The maximum absolute atomic E-state index is 11.6. The van der Waals surface area contributed by atoms with Crippen LogP contribution >= 0.6 is 11.8 Å². The molecular weight excluding hydrogens is 250 g/mol. The fourth-order valence-electron chi connectivity index (χ4n) is 1.40. The molecule has 1 N–H and O–H groups in total. The van der Waals surface area contributed by atoms with Crippen LogP contribution in [0.1, 0.15) is 10.4 Å². The van der Waals surface area contributed by atoms with Crippen molar-refractivity contribution < 1.29 is 14.6 Å². The Kier molecular flexibility index (Phi) is 3.84. The van der Waals surface area contributed by atoms with Gasteiger partial charge in [-0.3, -0.25) is 0 Å². The predicted octanol–water partition coefficient (Wildman–Crippen LogP) is 2.73. The van der Waals surface area contributed by atoms with Crippen LogP contribution in [-0.2, 0) is 4.74 Å². The number of esters is 1. The Morgan fingerprint density at radius 3 is 2.89 bits per heavy atom. The molecule has 2 rings (SSSR count). The fourth-order valence-corrected chi connectivity index (χ4v) is 2.32.